The monoisotopic (exact) mass is 408 g/mol. The summed E-state index contributed by atoms with van der Waals surface area (Å²) in [6.45, 7) is 5.22. The molecular formula is C23H24N2O5. The summed E-state index contributed by atoms with van der Waals surface area (Å²) in [5, 5.41) is 14.4. The molecule has 2 aromatic carbocycles. The number of aliphatic carboxylic acids is 1. The number of benzene rings is 2. The number of carboxylic acid groups (broad SMARTS) is 1. The lowest BCUT2D eigenvalue weighted by Crippen LogP contribution is -2.50. The topological polar surface area (TPSA) is 113 Å². The molecule has 1 aliphatic rings. The Labute approximate surface area is 174 Å². The smallest absolute Gasteiger partial charge is 0.326 e. The van der Waals surface area contributed by atoms with Crippen molar-refractivity contribution in [1.29, 1.82) is 0 Å². The maximum absolute atomic E-state index is 12.9. The molecule has 3 rings (SSSR count). The maximum atomic E-state index is 12.9. The normalized spacial score (nSPS) is 13.9. The van der Waals surface area contributed by atoms with Crippen LogP contribution < -0.4 is 10.6 Å². The Kier molecular flexibility index (Phi) is 6.01. The molecule has 1 aliphatic carbocycles. The van der Waals surface area contributed by atoms with Crippen LogP contribution in [-0.4, -0.2) is 40.8 Å². The zero-order chi connectivity index (χ0) is 22.0. The molecule has 156 valence electrons. The van der Waals surface area contributed by atoms with Crippen molar-refractivity contribution in [2.24, 2.45) is 5.92 Å². The third-order valence-corrected chi connectivity index (χ3v) is 5.06. The van der Waals surface area contributed by atoms with Crippen molar-refractivity contribution in [1.82, 2.24) is 10.6 Å². The molecule has 7 nitrogen and oxygen atoms in total. The summed E-state index contributed by atoms with van der Waals surface area (Å²) >= 11 is 0. The minimum Gasteiger partial charge on any atom is -0.480 e. The number of amides is 2. The van der Waals surface area contributed by atoms with Gasteiger partial charge in [0.05, 0.1) is 0 Å². The average molecular weight is 408 g/mol. The van der Waals surface area contributed by atoms with Crippen LogP contribution in [0.3, 0.4) is 0 Å². The van der Waals surface area contributed by atoms with Gasteiger partial charge in [0, 0.05) is 22.3 Å². The van der Waals surface area contributed by atoms with Gasteiger partial charge in [-0.15, -0.1) is 0 Å². The lowest BCUT2D eigenvalue weighted by Gasteiger charge is -2.20. The summed E-state index contributed by atoms with van der Waals surface area (Å²) in [7, 11) is 0. The van der Waals surface area contributed by atoms with Crippen molar-refractivity contribution in [2.45, 2.75) is 39.3 Å². The standard InChI is InChI=1S/C23H24N2O5/c1-12(2)11-18(23(29)30)25-21(27)13(3)24-22(28)17-10-6-9-16-19(17)14-7-4-5-8-15(14)20(16)26/h4-10,12-13,18H,11H2,1-3H3,(H,24,28)(H,25,27)(H,29,30)/t13-,18-/m0/s1. The van der Waals surface area contributed by atoms with E-state index in [2.05, 4.69) is 10.6 Å². The van der Waals surface area contributed by atoms with Crippen LogP contribution in [0, 0.1) is 5.92 Å². The van der Waals surface area contributed by atoms with E-state index in [0.29, 0.717) is 27.8 Å². The van der Waals surface area contributed by atoms with Crippen molar-refractivity contribution >= 4 is 23.6 Å². The second-order valence-corrected chi connectivity index (χ2v) is 7.83. The first-order valence-electron chi connectivity index (χ1n) is 9.81. The Balaban J connectivity index is 1.79. The summed E-state index contributed by atoms with van der Waals surface area (Å²) < 4.78 is 0. The van der Waals surface area contributed by atoms with Crippen molar-refractivity contribution < 1.29 is 24.3 Å². The van der Waals surface area contributed by atoms with Crippen LogP contribution >= 0.6 is 0 Å². The van der Waals surface area contributed by atoms with E-state index < -0.39 is 29.9 Å². The van der Waals surface area contributed by atoms with Crippen LogP contribution in [-0.2, 0) is 9.59 Å². The van der Waals surface area contributed by atoms with Gasteiger partial charge in [-0.3, -0.25) is 14.4 Å². The second-order valence-electron chi connectivity index (χ2n) is 7.83. The van der Waals surface area contributed by atoms with Gasteiger partial charge in [-0.1, -0.05) is 50.2 Å². The number of carbonyl (C=O) groups is 4. The highest BCUT2D eigenvalue weighted by molar-refractivity contribution is 6.24. The predicted octanol–water partition coefficient (Wildman–Crippen LogP) is 2.63. The summed E-state index contributed by atoms with van der Waals surface area (Å²) in [6.07, 6.45) is 0.285. The van der Waals surface area contributed by atoms with Crippen molar-refractivity contribution in [2.75, 3.05) is 0 Å². The molecule has 3 N–H and O–H groups in total. The molecule has 0 heterocycles. The zero-order valence-electron chi connectivity index (χ0n) is 17.1. The van der Waals surface area contributed by atoms with Crippen LogP contribution in [0.25, 0.3) is 11.1 Å². The minimum absolute atomic E-state index is 0.0841. The quantitative estimate of drug-likeness (QED) is 0.556. The van der Waals surface area contributed by atoms with E-state index in [1.54, 1.807) is 42.5 Å². The van der Waals surface area contributed by atoms with Crippen molar-refractivity contribution in [3.8, 4) is 11.1 Å². The van der Waals surface area contributed by atoms with Gasteiger partial charge in [-0.25, -0.2) is 4.79 Å². The molecule has 0 bridgehead atoms. The second kappa shape index (κ2) is 8.49. The summed E-state index contributed by atoms with van der Waals surface area (Å²) in [5.41, 5.74) is 2.51. The molecule has 2 atom stereocenters. The highest BCUT2D eigenvalue weighted by Crippen LogP contribution is 2.38. The largest absolute Gasteiger partial charge is 0.480 e. The highest BCUT2D eigenvalue weighted by atomic mass is 16.4. The van der Waals surface area contributed by atoms with E-state index in [0.717, 1.165) is 0 Å². The minimum atomic E-state index is -1.12. The summed E-state index contributed by atoms with van der Waals surface area (Å²) in [6, 6.07) is 10.0. The van der Waals surface area contributed by atoms with Gasteiger partial charge in [-0.05, 0) is 30.9 Å². The molecule has 0 fully saturated rings. The lowest BCUT2D eigenvalue weighted by atomic mass is 9.98. The number of carboxylic acids is 1. The SMILES string of the molecule is CC(C)C[C@H](NC(=O)[C@H](C)NC(=O)c1cccc2c1-c1ccccc1C2=O)C(=O)O. The van der Waals surface area contributed by atoms with E-state index in [9.17, 15) is 24.3 Å². The number of rotatable bonds is 7. The Morgan fingerprint density at radius 2 is 1.53 bits per heavy atom. The lowest BCUT2D eigenvalue weighted by molar-refractivity contribution is -0.142. The van der Waals surface area contributed by atoms with E-state index in [4.69, 9.17) is 0 Å². The molecule has 2 aromatic rings. The molecule has 30 heavy (non-hydrogen) atoms. The van der Waals surface area contributed by atoms with Gasteiger partial charge in [0.15, 0.2) is 5.78 Å². The number of ketones is 1. The van der Waals surface area contributed by atoms with Gasteiger partial charge >= 0.3 is 5.97 Å². The highest BCUT2D eigenvalue weighted by Gasteiger charge is 2.31. The van der Waals surface area contributed by atoms with Gasteiger partial charge in [0.2, 0.25) is 5.91 Å². The third-order valence-electron chi connectivity index (χ3n) is 5.06. The average Bonchev–Trinajstić information content (AvgIpc) is 2.99. The summed E-state index contributed by atoms with van der Waals surface area (Å²) in [4.78, 5) is 49.4. The molecule has 0 aliphatic heterocycles. The third kappa shape index (κ3) is 4.10. The van der Waals surface area contributed by atoms with Gasteiger partial charge in [0.1, 0.15) is 12.1 Å². The fourth-order valence-corrected chi connectivity index (χ4v) is 3.59. The fourth-order valence-electron chi connectivity index (χ4n) is 3.59. The number of hydrogen-bond donors (Lipinski definition) is 3. The van der Waals surface area contributed by atoms with E-state index in [-0.39, 0.29) is 18.1 Å². The predicted molar refractivity (Wildman–Crippen MR) is 111 cm³/mol. The van der Waals surface area contributed by atoms with Crippen LogP contribution in [0.4, 0.5) is 0 Å². The van der Waals surface area contributed by atoms with E-state index in [1.165, 1.54) is 6.92 Å². The van der Waals surface area contributed by atoms with E-state index in [1.807, 2.05) is 13.8 Å². The van der Waals surface area contributed by atoms with E-state index >= 15 is 0 Å². The molecule has 0 unspecified atom stereocenters. The first kappa shape index (κ1) is 21.2. The maximum Gasteiger partial charge on any atom is 0.326 e. The number of carbonyl (C=O) groups excluding carboxylic acids is 3. The Hall–Kier alpha value is -3.48. The molecular weight excluding hydrogens is 384 g/mol. The number of nitrogens with one attached hydrogen (secondary N) is 2. The van der Waals surface area contributed by atoms with Crippen molar-refractivity contribution in [3.63, 3.8) is 0 Å². The number of hydrogen-bond acceptors (Lipinski definition) is 4. The van der Waals surface area contributed by atoms with Crippen LogP contribution in [0.15, 0.2) is 42.5 Å². The Morgan fingerprint density at radius 1 is 0.900 bits per heavy atom. The van der Waals surface area contributed by atoms with Gasteiger partial charge in [-0.2, -0.15) is 0 Å². The molecule has 0 saturated carbocycles. The molecule has 0 radical (unpaired) electrons. The van der Waals surface area contributed by atoms with Gasteiger partial charge in [0.25, 0.3) is 5.91 Å². The van der Waals surface area contributed by atoms with Crippen molar-refractivity contribution in [3.05, 3.63) is 59.2 Å². The fraction of sp³-hybridized carbons (Fsp3) is 0.304. The van der Waals surface area contributed by atoms with Crippen LogP contribution in [0.1, 0.15) is 53.5 Å². The zero-order valence-corrected chi connectivity index (χ0v) is 17.1. The molecule has 0 saturated heterocycles. The van der Waals surface area contributed by atoms with Crippen LogP contribution in [0.2, 0.25) is 0 Å². The Bertz CT molecular complexity index is 1030. The van der Waals surface area contributed by atoms with Gasteiger partial charge < -0.3 is 15.7 Å². The Morgan fingerprint density at radius 3 is 2.17 bits per heavy atom. The summed E-state index contributed by atoms with van der Waals surface area (Å²) in [5.74, 6) is -2.26. The molecule has 0 aromatic heterocycles. The number of fused-ring (bicyclic) bond motifs is 3. The molecule has 7 heteroatoms. The molecule has 2 amide bonds. The first-order chi connectivity index (χ1) is 14.2. The first-order valence-corrected chi connectivity index (χ1v) is 9.81. The molecule has 0 spiro atoms. The van der Waals surface area contributed by atoms with Crippen LogP contribution in [0.5, 0.6) is 0 Å².